The molecule has 1 aromatic heterocycles. The molecule has 0 spiro atoms. The van der Waals surface area contributed by atoms with Gasteiger partial charge < -0.3 is 15.2 Å². The largest absolute Gasteiger partial charge is 0.397 e. The molecule has 2 rings (SSSR count). The Bertz CT molecular complexity index is 638. The van der Waals surface area contributed by atoms with Crippen LogP contribution in [0.15, 0.2) is 47.7 Å². The first-order valence-electron chi connectivity index (χ1n) is 7.89. The van der Waals surface area contributed by atoms with Crippen LogP contribution in [-0.2, 0) is 9.47 Å². The highest BCUT2D eigenvalue weighted by Crippen LogP contribution is 2.23. The lowest BCUT2D eigenvalue weighted by Crippen LogP contribution is -2.22. The molecule has 1 heterocycles. The molecule has 0 aliphatic rings. The van der Waals surface area contributed by atoms with Gasteiger partial charge in [0.1, 0.15) is 0 Å². The molecule has 0 radical (unpaired) electrons. The summed E-state index contributed by atoms with van der Waals surface area (Å²) in [6.07, 6.45) is 2.88. The molecule has 5 nitrogen and oxygen atoms in total. The third-order valence-corrected chi connectivity index (χ3v) is 3.67. The summed E-state index contributed by atoms with van der Waals surface area (Å²) < 4.78 is 11.1. The third-order valence-electron chi connectivity index (χ3n) is 3.34. The Hall–Kier alpha value is -1.95. The van der Waals surface area contributed by atoms with Crippen LogP contribution in [0.1, 0.15) is 25.0 Å². The van der Waals surface area contributed by atoms with Crippen molar-refractivity contribution in [2.75, 3.05) is 25.5 Å². The smallest absolute Gasteiger partial charge is 0.176 e. The van der Waals surface area contributed by atoms with E-state index in [0.29, 0.717) is 36.2 Å². The molecule has 0 unspecified atom stereocenters. The number of anilines is 1. The molecule has 2 aromatic rings. The Kier molecular flexibility index (Phi) is 7.18. The Morgan fingerprint density at radius 1 is 1.17 bits per heavy atom. The number of rotatable bonds is 8. The van der Waals surface area contributed by atoms with Gasteiger partial charge in [-0.25, -0.2) is 0 Å². The van der Waals surface area contributed by atoms with E-state index in [1.165, 1.54) is 0 Å². The second kappa shape index (κ2) is 9.37. The minimum atomic E-state index is -0.402. The number of aromatic nitrogens is 1. The number of benzene rings is 1. The standard InChI is InChI=1S/C18H22ClN3O2/c1-3-23-17(24-4-2)12-22-18(13-7-5-6-8-15(13)19)14-9-10-21-11-16(14)20/h5-11,17H,3-4,12,20H2,1-2H3/b22-18-. The van der Waals surface area contributed by atoms with E-state index in [4.69, 9.17) is 31.8 Å². The molecular weight excluding hydrogens is 326 g/mol. The van der Waals surface area contributed by atoms with Crippen LogP contribution in [0.2, 0.25) is 5.02 Å². The summed E-state index contributed by atoms with van der Waals surface area (Å²) >= 11 is 6.36. The Morgan fingerprint density at radius 2 is 1.88 bits per heavy atom. The molecule has 0 fully saturated rings. The van der Waals surface area contributed by atoms with Crippen molar-refractivity contribution in [2.45, 2.75) is 20.1 Å². The second-order valence-corrected chi connectivity index (χ2v) is 5.38. The van der Waals surface area contributed by atoms with Gasteiger partial charge in [-0.1, -0.05) is 29.8 Å². The predicted octanol–water partition coefficient (Wildman–Crippen LogP) is 3.55. The highest BCUT2D eigenvalue weighted by atomic mass is 35.5. The van der Waals surface area contributed by atoms with Crippen molar-refractivity contribution in [1.82, 2.24) is 4.98 Å². The second-order valence-electron chi connectivity index (χ2n) is 4.97. The summed E-state index contributed by atoms with van der Waals surface area (Å²) in [4.78, 5) is 8.73. The van der Waals surface area contributed by atoms with Gasteiger partial charge in [0.2, 0.25) is 0 Å². The van der Waals surface area contributed by atoms with Gasteiger partial charge in [0.05, 0.1) is 24.1 Å². The van der Waals surface area contributed by atoms with Crippen LogP contribution in [0.4, 0.5) is 5.69 Å². The fraction of sp³-hybridized carbons (Fsp3) is 0.333. The molecule has 24 heavy (non-hydrogen) atoms. The zero-order valence-electron chi connectivity index (χ0n) is 13.9. The van der Waals surface area contributed by atoms with Crippen LogP contribution in [0.3, 0.4) is 0 Å². The molecule has 0 bridgehead atoms. The van der Waals surface area contributed by atoms with Crippen molar-refractivity contribution in [3.05, 3.63) is 58.9 Å². The maximum absolute atomic E-state index is 6.36. The normalized spacial score (nSPS) is 11.9. The number of hydrogen-bond acceptors (Lipinski definition) is 5. The number of ether oxygens (including phenoxy) is 2. The number of nitrogens with two attached hydrogens (primary N) is 1. The summed E-state index contributed by atoms with van der Waals surface area (Å²) in [6, 6.07) is 9.36. The van der Waals surface area contributed by atoms with E-state index < -0.39 is 6.29 Å². The highest BCUT2D eigenvalue weighted by molar-refractivity contribution is 6.35. The van der Waals surface area contributed by atoms with Gasteiger partial charge in [-0.2, -0.15) is 0 Å². The fourth-order valence-electron chi connectivity index (χ4n) is 2.28. The zero-order chi connectivity index (χ0) is 17.4. The van der Waals surface area contributed by atoms with E-state index in [1.54, 1.807) is 12.4 Å². The molecule has 0 saturated heterocycles. The number of aliphatic imine (C=N–C) groups is 1. The van der Waals surface area contributed by atoms with Gasteiger partial charge in [-0.15, -0.1) is 0 Å². The van der Waals surface area contributed by atoms with Crippen LogP contribution in [0.5, 0.6) is 0 Å². The van der Waals surface area contributed by atoms with E-state index in [9.17, 15) is 0 Å². The van der Waals surface area contributed by atoms with E-state index in [2.05, 4.69) is 4.98 Å². The van der Waals surface area contributed by atoms with E-state index in [0.717, 1.165) is 11.1 Å². The van der Waals surface area contributed by atoms with Crippen molar-refractivity contribution in [2.24, 2.45) is 4.99 Å². The Morgan fingerprint density at radius 3 is 2.50 bits per heavy atom. The van der Waals surface area contributed by atoms with Gasteiger partial charge in [0.25, 0.3) is 0 Å². The molecule has 0 atom stereocenters. The van der Waals surface area contributed by atoms with Gasteiger partial charge >= 0.3 is 0 Å². The summed E-state index contributed by atoms with van der Waals surface area (Å²) in [5, 5.41) is 0.608. The van der Waals surface area contributed by atoms with Crippen molar-refractivity contribution in [3.8, 4) is 0 Å². The monoisotopic (exact) mass is 347 g/mol. The Balaban J connectivity index is 2.42. The minimum absolute atomic E-state index is 0.351. The minimum Gasteiger partial charge on any atom is -0.397 e. The van der Waals surface area contributed by atoms with Crippen LogP contribution in [0.25, 0.3) is 0 Å². The number of nitrogens with zero attached hydrogens (tertiary/aromatic N) is 2. The van der Waals surface area contributed by atoms with Crippen LogP contribution < -0.4 is 5.73 Å². The first-order chi connectivity index (χ1) is 11.7. The lowest BCUT2D eigenvalue weighted by atomic mass is 10.0. The molecule has 0 aliphatic heterocycles. The van der Waals surface area contributed by atoms with Crippen molar-refractivity contribution in [3.63, 3.8) is 0 Å². The number of hydrogen-bond donors (Lipinski definition) is 1. The lowest BCUT2D eigenvalue weighted by molar-refractivity contribution is -0.128. The zero-order valence-corrected chi connectivity index (χ0v) is 14.7. The predicted molar refractivity (Wildman–Crippen MR) is 97.6 cm³/mol. The van der Waals surface area contributed by atoms with Crippen molar-refractivity contribution >= 4 is 23.0 Å². The molecule has 0 saturated carbocycles. The number of halogens is 1. The SMILES string of the molecule is CCOC(C/N=C(\c1ccncc1N)c1ccccc1Cl)OCC. The molecule has 0 aliphatic carbocycles. The van der Waals surface area contributed by atoms with E-state index in [-0.39, 0.29) is 0 Å². The summed E-state index contributed by atoms with van der Waals surface area (Å²) in [5.41, 5.74) is 8.92. The lowest BCUT2D eigenvalue weighted by Gasteiger charge is -2.16. The van der Waals surface area contributed by atoms with Gasteiger partial charge in [0, 0.05) is 35.6 Å². The fourth-order valence-corrected chi connectivity index (χ4v) is 2.51. The molecule has 2 N–H and O–H groups in total. The first-order valence-corrected chi connectivity index (χ1v) is 8.27. The average Bonchev–Trinajstić information content (AvgIpc) is 2.58. The summed E-state index contributed by atoms with van der Waals surface area (Å²) in [5.74, 6) is 0. The van der Waals surface area contributed by atoms with Crippen molar-refractivity contribution < 1.29 is 9.47 Å². The molecule has 1 aromatic carbocycles. The molecular formula is C18H22ClN3O2. The molecule has 128 valence electrons. The Labute approximate surface area is 147 Å². The topological polar surface area (TPSA) is 69.7 Å². The van der Waals surface area contributed by atoms with Gasteiger partial charge in [-0.3, -0.25) is 9.98 Å². The average molecular weight is 348 g/mol. The number of pyridine rings is 1. The van der Waals surface area contributed by atoms with Crippen LogP contribution >= 0.6 is 11.6 Å². The maximum Gasteiger partial charge on any atom is 0.176 e. The maximum atomic E-state index is 6.36. The molecule has 6 heteroatoms. The summed E-state index contributed by atoms with van der Waals surface area (Å²) in [7, 11) is 0. The van der Waals surface area contributed by atoms with Gasteiger partial charge in [0.15, 0.2) is 6.29 Å². The number of nitrogen functional groups attached to an aromatic ring is 1. The third kappa shape index (κ3) is 4.77. The van der Waals surface area contributed by atoms with Crippen LogP contribution in [-0.4, -0.2) is 36.7 Å². The van der Waals surface area contributed by atoms with Crippen molar-refractivity contribution in [1.29, 1.82) is 0 Å². The van der Waals surface area contributed by atoms with Crippen LogP contribution in [0, 0.1) is 0 Å². The molecule has 0 amide bonds. The summed E-state index contributed by atoms with van der Waals surface area (Å²) in [6.45, 7) is 5.30. The van der Waals surface area contributed by atoms with Gasteiger partial charge in [-0.05, 0) is 26.0 Å². The first kappa shape index (κ1) is 18.4. The highest BCUT2D eigenvalue weighted by Gasteiger charge is 2.15. The van der Waals surface area contributed by atoms with E-state index in [1.807, 2.05) is 44.2 Å². The quantitative estimate of drug-likeness (QED) is 0.585. The van der Waals surface area contributed by atoms with E-state index >= 15 is 0 Å².